The average Bonchev–Trinajstić information content (AvgIpc) is 2.73. The number of nitrogens with one attached hydrogen (secondary N) is 3. The molecular formula is C22H27N3O2S. The molecule has 1 aliphatic rings. The first-order valence-corrected chi connectivity index (χ1v) is 10.2. The van der Waals surface area contributed by atoms with E-state index in [1.54, 1.807) is 12.1 Å². The Morgan fingerprint density at radius 1 is 1.04 bits per heavy atom. The SMILES string of the molecule is C[C@@H]1CCCC[C@@H]1NC(=S)NNC(=O)c1ccc(COc2ccccc2)cc1. The van der Waals surface area contributed by atoms with Gasteiger partial charge in [-0.15, -0.1) is 0 Å². The summed E-state index contributed by atoms with van der Waals surface area (Å²) < 4.78 is 5.71. The third-order valence-corrected chi connectivity index (χ3v) is 5.30. The molecule has 1 aliphatic carbocycles. The zero-order valence-corrected chi connectivity index (χ0v) is 16.9. The minimum Gasteiger partial charge on any atom is -0.489 e. The van der Waals surface area contributed by atoms with Gasteiger partial charge in [-0.1, -0.05) is 50.1 Å². The van der Waals surface area contributed by atoms with Crippen LogP contribution in [0.5, 0.6) is 5.75 Å². The van der Waals surface area contributed by atoms with E-state index in [0.29, 0.717) is 29.2 Å². The van der Waals surface area contributed by atoms with Crippen molar-refractivity contribution in [1.82, 2.24) is 16.2 Å². The van der Waals surface area contributed by atoms with Crippen LogP contribution in [0.15, 0.2) is 54.6 Å². The Bertz CT molecular complexity index is 780. The van der Waals surface area contributed by atoms with E-state index in [2.05, 4.69) is 23.1 Å². The van der Waals surface area contributed by atoms with E-state index in [4.69, 9.17) is 17.0 Å². The highest BCUT2D eigenvalue weighted by Gasteiger charge is 2.21. The predicted molar refractivity (Wildman–Crippen MR) is 115 cm³/mol. The van der Waals surface area contributed by atoms with Crippen LogP contribution in [0.4, 0.5) is 0 Å². The quantitative estimate of drug-likeness (QED) is 0.527. The Kier molecular flexibility index (Phi) is 7.25. The maximum Gasteiger partial charge on any atom is 0.269 e. The molecule has 0 aromatic heterocycles. The van der Waals surface area contributed by atoms with E-state index in [1.807, 2.05) is 42.5 Å². The zero-order chi connectivity index (χ0) is 19.8. The molecule has 0 bridgehead atoms. The van der Waals surface area contributed by atoms with Gasteiger partial charge in [0.1, 0.15) is 12.4 Å². The lowest BCUT2D eigenvalue weighted by molar-refractivity contribution is 0.0943. The summed E-state index contributed by atoms with van der Waals surface area (Å²) in [5.41, 5.74) is 7.02. The van der Waals surface area contributed by atoms with Crippen LogP contribution in [0.25, 0.3) is 0 Å². The van der Waals surface area contributed by atoms with Gasteiger partial charge < -0.3 is 10.1 Å². The van der Waals surface area contributed by atoms with Crippen LogP contribution in [-0.4, -0.2) is 17.1 Å². The minimum atomic E-state index is -0.226. The van der Waals surface area contributed by atoms with Crippen molar-refractivity contribution in [3.8, 4) is 5.75 Å². The lowest BCUT2D eigenvalue weighted by Gasteiger charge is -2.30. The lowest BCUT2D eigenvalue weighted by Crippen LogP contribution is -2.51. The van der Waals surface area contributed by atoms with Crippen LogP contribution in [0.2, 0.25) is 0 Å². The van der Waals surface area contributed by atoms with Gasteiger partial charge in [-0.2, -0.15) is 0 Å². The Labute approximate surface area is 171 Å². The van der Waals surface area contributed by atoms with Gasteiger partial charge in [0.25, 0.3) is 5.91 Å². The van der Waals surface area contributed by atoms with Gasteiger partial charge in [0.05, 0.1) is 0 Å². The fourth-order valence-electron chi connectivity index (χ4n) is 3.36. The predicted octanol–water partition coefficient (Wildman–Crippen LogP) is 3.95. The Morgan fingerprint density at radius 3 is 2.46 bits per heavy atom. The molecule has 5 nitrogen and oxygen atoms in total. The number of ether oxygens (including phenoxy) is 1. The third-order valence-electron chi connectivity index (χ3n) is 5.08. The number of benzene rings is 2. The molecule has 28 heavy (non-hydrogen) atoms. The summed E-state index contributed by atoms with van der Waals surface area (Å²) in [6.07, 6.45) is 4.83. The van der Waals surface area contributed by atoms with Crippen LogP contribution in [0, 0.1) is 5.92 Å². The van der Waals surface area contributed by atoms with E-state index >= 15 is 0 Å². The molecule has 0 aliphatic heterocycles. The number of hydrogen-bond acceptors (Lipinski definition) is 3. The molecule has 0 unspecified atom stereocenters. The average molecular weight is 398 g/mol. The fraction of sp³-hybridized carbons (Fsp3) is 0.364. The van der Waals surface area contributed by atoms with Crippen molar-refractivity contribution >= 4 is 23.2 Å². The van der Waals surface area contributed by atoms with Gasteiger partial charge in [-0.05, 0) is 60.8 Å². The van der Waals surface area contributed by atoms with Crippen LogP contribution in [0.1, 0.15) is 48.5 Å². The third kappa shape index (κ3) is 5.96. The molecule has 1 saturated carbocycles. The molecule has 3 N–H and O–H groups in total. The topological polar surface area (TPSA) is 62.4 Å². The number of hydrazine groups is 1. The second-order valence-electron chi connectivity index (χ2n) is 7.22. The molecule has 1 fully saturated rings. The van der Waals surface area contributed by atoms with E-state index in [1.165, 1.54) is 19.3 Å². The molecule has 1 amide bonds. The summed E-state index contributed by atoms with van der Waals surface area (Å²) >= 11 is 5.30. The van der Waals surface area contributed by atoms with Crippen LogP contribution < -0.4 is 20.9 Å². The number of carbonyl (C=O) groups excluding carboxylic acids is 1. The van der Waals surface area contributed by atoms with Crippen molar-refractivity contribution in [1.29, 1.82) is 0 Å². The summed E-state index contributed by atoms with van der Waals surface area (Å²) in [6.45, 7) is 2.69. The highest BCUT2D eigenvalue weighted by atomic mass is 32.1. The molecule has 2 aromatic rings. The monoisotopic (exact) mass is 397 g/mol. The van der Waals surface area contributed by atoms with Crippen LogP contribution in [-0.2, 0) is 6.61 Å². The summed E-state index contributed by atoms with van der Waals surface area (Å²) in [6, 6.07) is 17.3. The van der Waals surface area contributed by atoms with Crippen molar-refractivity contribution in [2.45, 2.75) is 45.3 Å². The maximum absolute atomic E-state index is 12.3. The first-order chi connectivity index (χ1) is 13.6. The number of thiocarbonyl (C=S) groups is 1. The van der Waals surface area contributed by atoms with Crippen LogP contribution in [0.3, 0.4) is 0 Å². The van der Waals surface area contributed by atoms with Gasteiger partial charge in [0, 0.05) is 11.6 Å². The molecule has 2 atom stereocenters. The molecule has 0 saturated heterocycles. The lowest BCUT2D eigenvalue weighted by atomic mass is 9.86. The van der Waals surface area contributed by atoms with Crippen molar-refractivity contribution in [3.05, 3.63) is 65.7 Å². The van der Waals surface area contributed by atoms with E-state index < -0.39 is 0 Å². The van der Waals surface area contributed by atoms with E-state index in [-0.39, 0.29) is 5.91 Å². The number of amides is 1. The molecule has 0 heterocycles. The van der Waals surface area contributed by atoms with E-state index in [9.17, 15) is 4.79 Å². The Balaban J connectivity index is 1.43. The maximum atomic E-state index is 12.3. The second-order valence-corrected chi connectivity index (χ2v) is 7.63. The van der Waals surface area contributed by atoms with E-state index in [0.717, 1.165) is 17.7 Å². The number of para-hydroxylation sites is 1. The molecule has 0 radical (unpaired) electrons. The number of rotatable bonds is 5. The zero-order valence-electron chi connectivity index (χ0n) is 16.1. The standard InChI is InChI=1S/C22H27N3O2S/c1-16-7-5-6-10-20(16)23-22(28)25-24-21(26)18-13-11-17(12-14-18)15-27-19-8-3-2-4-9-19/h2-4,8-9,11-14,16,20H,5-7,10,15H2,1H3,(H,24,26)(H2,23,25,28)/t16-,20+/m1/s1. The number of carbonyl (C=O) groups is 1. The van der Waals surface area contributed by atoms with Crippen LogP contribution >= 0.6 is 12.2 Å². The highest BCUT2D eigenvalue weighted by molar-refractivity contribution is 7.80. The molecule has 6 heteroatoms. The molecular weight excluding hydrogens is 370 g/mol. The van der Waals surface area contributed by atoms with Gasteiger partial charge in [-0.3, -0.25) is 15.6 Å². The first kappa shape index (κ1) is 20.1. The summed E-state index contributed by atoms with van der Waals surface area (Å²) in [5, 5.41) is 3.76. The molecule has 2 aromatic carbocycles. The highest BCUT2D eigenvalue weighted by Crippen LogP contribution is 2.23. The molecule has 0 spiro atoms. The van der Waals surface area contributed by atoms with Crippen molar-refractivity contribution in [2.24, 2.45) is 5.92 Å². The van der Waals surface area contributed by atoms with Crippen molar-refractivity contribution in [3.63, 3.8) is 0 Å². The fourth-order valence-corrected chi connectivity index (χ4v) is 3.56. The normalized spacial score (nSPS) is 18.8. The summed E-state index contributed by atoms with van der Waals surface area (Å²) in [7, 11) is 0. The van der Waals surface area contributed by atoms with Crippen molar-refractivity contribution < 1.29 is 9.53 Å². The van der Waals surface area contributed by atoms with Gasteiger partial charge in [0.15, 0.2) is 5.11 Å². The largest absolute Gasteiger partial charge is 0.489 e. The Morgan fingerprint density at radius 2 is 1.75 bits per heavy atom. The first-order valence-electron chi connectivity index (χ1n) is 9.75. The number of hydrogen-bond donors (Lipinski definition) is 3. The summed E-state index contributed by atoms with van der Waals surface area (Å²) in [5.74, 6) is 1.19. The molecule has 3 rings (SSSR count). The Hall–Kier alpha value is -2.60. The second kappa shape index (κ2) is 10.1. The molecule has 148 valence electrons. The van der Waals surface area contributed by atoms with Gasteiger partial charge in [-0.25, -0.2) is 0 Å². The summed E-state index contributed by atoms with van der Waals surface area (Å²) in [4.78, 5) is 12.3. The van der Waals surface area contributed by atoms with Gasteiger partial charge >= 0.3 is 0 Å². The van der Waals surface area contributed by atoms with Gasteiger partial charge in [0.2, 0.25) is 0 Å². The minimum absolute atomic E-state index is 0.226. The smallest absolute Gasteiger partial charge is 0.269 e. The van der Waals surface area contributed by atoms with Crippen molar-refractivity contribution in [2.75, 3.05) is 0 Å².